The predicted octanol–water partition coefficient (Wildman–Crippen LogP) is 2.49. The van der Waals surface area contributed by atoms with Crippen molar-refractivity contribution in [3.05, 3.63) is 66.0 Å². The van der Waals surface area contributed by atoms with Gasteiger partial charge in [0.2, 0.25) is 0 Å². The molecule has 0 aliphatic rings. The van der Waals surface area contributed by atoms with Crippen molar-refractivity contribution in [2.24, 2.45) is 0 Å². The molecule has 0 aliphatic carbocycles. The highest BCUT2D eigenvalue weighted by molar-refractivity contribution is 5.94. The molecule has 0 saturated heterocycles. The van der Waals surface area contributed by atoms with E-state index in [1.54, 1.807) is 43.3 Å². The van der Waals surface area contributed by atoms with Crippen LogP contribution < -0.4 is 0 Å². The van der Waals surface area contributed by atoms with Gasteiger partial charge >= 0.3 is 0 Å². The zero-order chi connectivity index (χ0) is 15.3. The zero-order valence-corrected chi connectivity index (χ0v) is 12.4. The lowest BCUT2D eigenvalue weighted by Gasteiger charge is -2.29. The maximum atomic E-state index is 12.6. The molecule has 1 aromatic heterocycles. The highest BCUT2D eigenvalue weighted by atomic mass is 16.3. The maximum absolute atomic E-state index is 12.6. The summed E-state index contributed by atoms with van der Waals surface area (Å²) in [5, 5.41) is 10.1. The molecule has 0 saturated carbocycles. The van der Waals surface area contributed by atoms with Crippen molar-refractivity contribution in [1.29, 1.82) is 0 Å². The van der Waals surface area contributed by atoms with E-state index in [1.807, 2.05) is 30.3 Å². The van der Waals surface area contributed by atoms with E-state index in [1.165, 1.54) is 0 Å². The van der Waals surface area contributed by atoms with Crippen molar-refractivity contribution in [2.45, 2.75) is 26.0 Å². The first-order valence-corrected chi connectivity index (χ1v) is 6.91. The monoisotopic (exact) mass is 284 g/mol. The Kier molecular flexibility index (Phi) is 4.70. The number of hydrogen-bond donors (Lipinski definition) is 1. The molecule has 21 heavy (non-hydrogen) atoms. The van der Waals surface area contributed by atoms with Gasteiger partial charge in [-0.15, -0.1) is 0 Å². The quantitative estimate of drug-likeness (QED) is 0.917. The number of aromatic nitrogens is 1. The lowest BCUT2D eigenvalue weighted by atomic mass is 10.1. The van der Waals surface area contributed by atoms with E-state index >= 15 is 0 Å². The van der Waals surface area contributed by atoms with E-state index in [0.29, 0.717) is 12.1 Å². The van der Waals surface area contributed by atoms with Crippen molar-refractivity contribution in [1.82, 2.24) is 9.88 Å². The minimum Gasteiger partial charge on any atom is -0.389 e. The van der Waals surface area contributed by atoms with E-state index in [0.717, 1.165) is 5.56 Å². The summed E-state index contributed by atoms with van der Waals surface area (Å²) in [6, 6.07) is 13.1. The van der Waals surface area contributed by atoms with E-state index in [4.69, 9.17) is 0 Å². The Morgan fingerprint density at radius 2 is 1.76 bits per heavy atom. The van der Waals surface area contributed by atoms with Gasteiger partial charge in [-0.05, 0) is 31.5 Å². The molecule has 110 valence electrons. The third-order valence-corrected chi connectivity index (χ3v) is 3.01. The van der Waals surface area contributed by atoms with Crippen molar-refractivity contribution in [3.8, 4) is 0 Å². The van der Waals surface area contributed by atoms with Crippen LogP contribution in [0, 0.1) is 0 Å². The number of rotatable bonds is 5. The number of carbonyl (C=O) groups is 1. The molecule has 0 atom stereocenters. The summed E-state index contributed by atoms with van der Waals surface area (Å²) in [4.78, 5) is 18.2. The van der Waals surface area contributed by atoms with Gasteiger partial charge in [0.25, 0.3) is 5.91 Å². The maximum Gasteiger partial charge on any atom is 0.254 e. The Labute approximate surface area is 125 Å². The molecule has 0 spiro atoms. The van der Waals surface area contributed by atoms with E-state index in [-0.39, 0.29) is 12.5 Å². The summed E-state index contributed by atoms with van der Waals surface area (Å²) in [6.07, 6.45) is 3.19. The van der Waals surface area contributed by atoms with Crippen LogP contribution in [0.3, 0.4) is 0 Å². The van der Waals surface area contributed by atoms with E-state index in [2.05, 4.69) is 4.98 Å². The van der Waals surface area contributed by atoms with Crippen molar-refractivity contribution >= 4 is 5.91 Å². The molecule has 1 heterocycles. The molecule has 0 bridgehead atoms. The minimum atomic E-state index is -0.947. The molecular formula is C17H20N2O2. The van der Waals surface area contributed by atoms with Crippen LogP contribution in [0.5, 0.6) is 0 Å². The number of benzene rings is 1. The van der Waals surface area contributed by atoms with Gasteiger partial charge in [-0.3, -0.25) is 9.78 Å². The van der Waals surface area contributed by atoms with E-state index < -0.39 is 5.60 Å². The third kappa shape index (κ3) is 4.68. The molecule has 1 amide bonds. The minimum absolute atomic E-state index is 0.108. The van der Waals surface area contributed by atoms with Crippen LogP contribution in [0.4, 0.5) is 0 Å². The van der Waals surface area contributed by atoms with Crippen molar-refractivity contribution < 1.29 is 9.90 Å². The predicted molar refractivity (Wildman–Crippen MR) is 81.7 cm³/mol. The molecule has 4 heteroatoms. The molecule has 2 rings (SSSR count). The second-order valence-corrected chi connectivity index (χ2v) is 5.70. The Balaban J connectivity index is 2.22. The standard InChI is InChI=1S/C17H20N2O2/c1-17(2,21)13-19(12-14-6-4-3-5-7-14)16(20)15-8-10-18-11-9-15/h3-11,21H,12-13H2,1-2H3. The lowest BCUT2D eigenvalue weighted by Crippen LogP contribution is -2.41. The first-order valence-electron chi connectivity index (χ1n) is 6.91. The number of carbonyl (C=O) groups excluding carboxylic acids is 1. The molecule has 1 aromatic carbocycles. The van der Waals surface area contributed by atoms with E-state index in [9.17, 15) is 9.90 Å². The Morgan fingerprint density at radius 1 is 1.14 bits per heavy atom. The van der Waals surface area contributed by atoms with Crippen molar-refractivity contribution in [3.63, 3.8) is 0 Å². The Hall–Kier alpha value is -2.20. The molecule has 0 aliphatic heterocycles. The number of pyridine rings is 1. The number of nitrogens with zero attached hydrogens (tertiary/aromatic N) is 2. The fraction of sp³-hybridized carbons (Fsp3) is 0.294. The van der Waals surface area contributed by atoms with Crippen LogP contribution >= 0.6 is 0 Å². The summed E-state index contributed by atoms with van der Waals surface area (Å²) in [7, 11) is 0. The summed E-state index contributed by atoms with van der Waals surface area (Å²) in [6.45, 7) is 4.13. The van der Waals surface area contributed by atoms with Gasteiger partial charge in [-0.1, -0.05) is 30.3 Å². The van der Waals surface area contributed by atoms with Crippen LogP contribution in [-0.2, 0) is 6.54 Å². The largest absolute Gasteiger partial charge is 0.389 e. The van der Waals surface area contributed by atoms with Crippen LogP contribution in [0.15, 0.2) is 54.9 Å². The van der Waals surface area contributed by atoms with Gasteiger partial charge in [-0.2, -0.15) is 0 Å². The van der Waals surface area contributed by atoms with Crippen LogP contribution in [0.1, 0.15) is 29.8 Å². The average Bonchev–Trinajstić information content (AvgIpc) is 2.46. The molecular weight excluding hydrogens is 264 g/mol. The fourth-order valence-electron chi connectivity index (χ4n) is 2.15. The number of aliphatic hydroxyl groups is 1. The first kappa shape index (κ1) is 15.2. The number of amides is 1. The molecule has 2 aromatic rings. The molecule has 0 unspecified atom stereocenters. The normalized spacial score (nSPS) is 11.2. The highest BCUT2D eigenvalue weighted by Crippen LogP contribution is 2.14. The van der Waals surface area contributed by atoms with Gasteiger partial charge in [0, 0.05) is 31.0 Å². The van der Waals surface area contributed by atoms with Crippen molar-refractivity contribution in [2.75, 3.05) is 6.54 Å². The Morgan fingerprint density at radius 3 is 2.33 bits per heavy atom. The smallest absolute Gasteiger partial charge is 0.254 e. The van der Waals surface area contributed by atoms with Crippen LogP contribution in [0.25, 0.3) is 0 Å². The topological polar surface area (TPSA) is 53.4 Å². The van der Waals surface area contributed by atoms with Crippen LogP contribution in [0.2, 0.25) is 0 Å². The summed E-state index contributed by atoms with van der Waals surface area (Å²) >= 11 is 0. The average molecular weight is 284 g/mol. The Bertz CT molecular complexity index is 577. The van der Waals surface area contributed by atoms with Gasteiger partial charge in [0.15, 0.2) is 0 Å². The summed E-state index contributed by atoms with van der Waals surface area (Å²) in [5.41, 5.74) is 0.659. The third-order valence-electron chi connectivity index (χ3n) is 3.01. The molecule has 1 N–H and O–H groups in total. The van der Waals surface area contributed by atoms with Crippen LogP contribution in [-0.4, -0.2) is 33.0 Å². The van der Waals surface area contributed by atoms with Gasteiger partial charge in [0.1, 0.15) is 0 Å². The fourth-order valence-corrected chi connectivity index (χ4v) is 2.15. The van der Waals surface area contributed by atoms with Gasteiger partial charge in [-0.25, -0.2) is 0 Å². The SMILES string of the molecule is CC(C)(O)CN(Cc1ccccc1)C(=O)c1ccncc1. The molecule has 4 nitrogen and oxygen atoms in total. The summed E-state index contributed by atoms with van der Waals surface area (Å²) < 4.78 is 0. The van der Waals surface area contributed by atoms with Gasteiger partial charge < -0.3 is 10.0 Å². The second-order valence-electron chi connectivity index (χ2n) is 5.70. The second kappa shape index (κ2) is 6.50. The highest BCUT2D eigenvalue weighted by Gasteiger charge is 2.23. The molecule has 0 fully saturated rings. The zero-order valence-electron chi connectivity index (χ0n) is 12.4. The lowest BCUT2D eigenvalue weighted by molar-refractivity contribution is 0.0280. The molecule has 0 radical (unpaired) electrons. The van der Waals surface area contributed by atoms with Gasteiger partial charge in [0.05, 0.1) is 5.60 Å². The summed E-state index contributed by atoms with van der Waals surface area (Å²) in [5.74, 6) is -0.108. The first-order chi connectivity index (χ1) is 9.96. The number of hydrogen-bond acceptors (Lipinski definition) is 3.